The van der Waals surface area contributed by atoms with E-state index in [0.717, 1.165) is 50.4 Å². The molecule has 112 valence electrons. The zero-order valence-corrected chi connectivity index (χ0v) is 12.3. The highest BCUT2D eigenvalue weighted by Gasteiger charge is 2.23. The molecule has 20 heavy (non-hydrogen) atoms. The summed E-state index contributed by atoms with van der Waals surface area (Å²) in [4.78, 5) is 2.41. The van der Waals surface area contributed by atoms with E-state index in [1.807, 2.05) is 24.3 Å². The van der Waals surface area contributed by atoms with Crippen LogP contribution in [-0.4, -0.2) is 42.4 Å². The Morgan fingerprint density at radius 2 is 2.30 bits per heavy atom. The highest BCUT2D eigenvalue weighted by atomic mass is 16.5. The van der Waals surface area contributed by atoms with Gasteiger partial charge in [0.2, 0.25) is 0 Å². The van der Waals surface area contributed by atoms with Gasteiger partial charge in [-0.2, -0.15) is 0 Å². The first-order valence-electron chi connectivity index (χ1n) is 7.51. The lowest BCUT2D eigenvalue weighted by Gasteiger charge is -2.34. The molecule has 0 aromatic heterocycles. The summed E-state index contributed by atoms with van der Waals surface area (Å²) in [5.74, 6) is 1.28. The van der Waals surface area contributed by atoms with Crippen molar-refractivity contribution >= 4 is 0 Å². The Morgan fingerprint density at radius 3 is 3.05 bits per heavy atom. The van der Waals surface area contributed by atoms with Crippen LogP contribution in [0.25, 0.3) is 0 Å². The summed E-state index contributed by atoms with van der Waals surface area (Å²) < 4.78 is 5.76. The minimum absolute atomic E-state index is 0.124. The van der Waals surface area contributed by atoms with Crippen molar-refractivity contribution in [3.8, 4) is 5.75 Å². The number of ether oxygens (including phenoxy) is 1. The van der Waals surface area contributed by atoms with Gasteiger partial charge in [-0.05, 0) is 36.5 Å². The third-order valence-electron chi connectivity index (χ3n) is 3.97. The van der Waals surface area contributed by atoms with Crippen LogP contribution in [-0.2, 0) is 6.54 Å². The van der Waals surface area contributed by atoms with Crippen LogP contribution in [0.4, 0.5) is 0 Å². The number of hydrogen-bond donors (Lipinski definition) is 2. The van der Waals surface area contributed by atoms with E-state index in [1.165, 1.54) is 0 Å². The molecule has 2 rings (SSSR count). The van der Waals surface area contributed by atoms with Crippen LogP contribution in [0, 0.1) is 5.92 Å². The summed E-state index contributed by atoms with van der Waals surface area (Å²) in [5, 5.41) is 9.70. The summed E-state index contributed by atoms with van der Waals surface area (Å²) in [7, 11) is 0. The van der Waals surface area contributed by atoms with E-state index in [9.17, 15) is 5.11 Å². The molecule has 1 heterocycles. The van der Waals surface area contributed by atoms with Crippen molar-refractivity contribution in [1.82, 2.24) is 4.90 Å². The molecule has 1 aromatic rings. The fourth-order valence-electron chi connectivity index (χ4n) is 2.66. The molecule has 1 fully saturated rings. The van der Waals surface area contributed by atoms with Gasteiger partial charge in [0.25, 0.3) is 0 Å². The predicted octanol–water partition coefficient (Wildman–Crippen LogP) is 1.62. The summed E-state index contributed by atoms with van der Waals surface area (Å²) in [6, 6.07) is 7.95. The largest absolute Gasteiger partial charge is 0.494 e. The maximum atomic E-state index is 9.70. The quantitative estimate of drug-likeness (QED) is 0.776. The lowest BCUT2D eigenvalue weighted by molar-refractivity contribution is 0.0334. The molecule has 0 aliphatic carbocycles. The van der Waals surface area contributed by atoms with Crippen LogP contribution in [0.1, 0.15) is 25.3 Å². The van der Waals surface area contributed by atoms with Gasteiger partial charge in [-0.3, -0.25) is 0 Å². The van der Waals surface area contributed by atoms with Crippen molar-refractivity contribution in [2.45, 2.75) is 32.4 Å². The minimum Gasteiger partial charge on any atom is -0.494 e. The van der Waals surface area contributed by atoms with Crippen LogP contribution < -0.4 is 10.5 Å². The monoisotopic (exact) mass is 278 g/mol. The second-order valence-electron chi connectivity index (χ2n) is 5.69. The maximum absolute atomic E-state index is 9.70. The summed E-state index contributed by atoms with van der Waals surface area (Å²) in [5.41, 5.74) is 6.71. The average molecular weight is 278 g/mol. The molecule has 1 aliphatic rings. The zero-order chi connectivity index (χ0) is 14.4. The predicted molar refractivity (Wildman–Crippen MR) is 80.7 cm³/mol. The summed E-state index contributed by atoms with van der Waals surface area (Å²) in [6.45, 7) is 6.41. The first-order chi connectivity index (χ1) is 9.69. The number of rotatable bonds is 6. The van der Waals surface area contributed by atoms with Gasteiger partial charge in [0, 0.05) is 26.2 Å². The number of piperidine rings is 1. The number of benzene rings is 1. The average Bonchev–Trinajstić information content (AvgIpc) is 2.47. The van der Waals surface area contributed by atoms with Gasteiger partial charge in [0.05, 0.1) is 12.7 Å². The Morgan fingerprint density at radius 1 is 1.45 bits per heavy atom. The smallest absolute Gasteiger partial charge is 0.119 e. The van der Waals surface area contributed by atoms with Gasteiger partial charge < -0.3 is 20.5 Å². The lowest BCUT2D eigenvalue weighted by atomic mass is 9.97. The Hall–Kier alpha value is -1.10. The van der Waals surface area contributed by atoms with Crippen molar-refractivity contribution in [1.29, 1.82) is 0 Å². The van der Waals surface area contributed by atoms with Gasteiger partial charge in [0.1, 0.15) is 5.75 Å². The Balaban J connectivity index is 1.66. The highest BCUT2D eigenvalue weighted by Crippen LogP contribution is 2.17. The van der Waals surface area contributed by atoms with Crippen LogP contribution in [0.3, 0.4) is 0 Å². The van der Waals surface area contributed by atoms with Gasteiger partial charge in [-0.25, -0.2) is 0 Å². The van der Waals surface area contributed by atoms with E-state index >= 15 is 0 Å². The normalized spacial score (nSPS) is 23.8. The number of nitrogens with zero attached hydrogens (tertiary/aromatic N) is 1. The fourth-order valence-corrected chi connectivity index (χ4v) is 2.66. The third-order valence-corrected chi connectivity index (χ3v) is 3.97. The molecule has 4 nitrogen and oxygen atoms in total. The molecule has 4 heteroatoms. The summed E-state index contributed by atoms with van der Waals surface area (Å²) >= 11 is 0. The topological polar surface area (TPSA) is 58.7 Å². The van der Waals surface area contributed by atoms with E-state index < -0.39 is 0 Å². The fraction of sp³-hybridized carbons (Fsp3) is 0.625. The Labute approximate surface area is 121 Å². The molecular formula is C16H26N2O2. The van der Waals surface area contributed by atoms with Crippen molar-refractivity contribution in [2.24, 2.45) is 11.7 Å². The third kappa shape index (κ3) is 4.47. The van der Waals surface area contributed by atoms with Crippen LogP contribution >= 0.6 is 0 Å². The molecule has 0 spiro atoms. The van der Waals surface area contributed by atoms with Gasteiger partial charge in [-0.1, -0.05) is 19.1 Å². The van der Waals surface area contributed by atoms with Crippen LogP contribution in [0.5, 0.6) is 5.75 Å². The lowest BCUT2D eigenvalue weighted by Crippen LogP contribution is -2.42. The van der Waals surface area contributed by atoms with Gasteiger partial charge in [-0.15, -0.1) is 0 Å². The summed E-state index contributed by atoms with van der Waals surface area (Å²) in [6.07, 6.45) is 1.78. The van der Waals surface area contributed by atoms with Gasteiger partial charge >= 0.3 is 0 Å². The maximum Gasteiger partial charge on any atom is 0.119 e. The van der Waals surface area contributed by atoms with E-state index in [-0.39, 0.29) is 6.10 Å². The molecule has 1 aliphatic heterocycles. The van der Waals surface area contributed by atoms with E-state index in [2.05, 4.69) is 11.8 Å². The molecule has 0 amide bonds. The van der Waals surface area contributed by atoms with Crippen molar-refractivity contribution in [2.75, 3.05) is 26.2 Å². The standard InChI is InChI=1S/C16H26N2O2/c1-13-12-18(8-6-16(13)19)7-3-9-20-15-5-2-4-14(10-15)11-17/h2,4-5,10,13,16,19H,3,6-9,11-12,17H2,1H3. The first-order valence-corrected chi connectivity index (χ1v) is 7.51. The number of aliphatic hydroxyl groups is 1. The van der Waals surface area contributed by atoms with Gasteiger partial charge in [0.15, 0.2) is 0 Å². The van der Waals surface area contributed by atoms with E-state index in [0.29, 0.717) is 12.5 Å². The number of hydrogen-bond acceptors (Lipinski definition) is 4. The Bertz CT molecular complexity index is 411. The molecule has 3 N–H and O–H groups in total. The first kappa shape index (κ1) is 15.3. The number of likely N-dealkylation sites (tertiary alicyclic amines) is 1. The molecule has 1 saturated heterocycles. The SMILES string of the molecule is CC1CN(CCCOc2cccc(CN)c2)CCC1O. The Kier molecular flexibility index (Phi) is 5.83. The van der Waals surface area contributed by atoms with E-state index in [1.54, 1.807) is 0 Å². The van der Waals surface area contributed by atoms with Crippen LogP contribution in [0.2, 0.25) is 0 Å². The molecule has 0 saturated carbocycles. The molecule has 0 radical (unpaired) electrons. The van der Waals surface area contributed by atoms with Crippen molar-refractivity contribution in [3.63, 3.8) is 0 Å². The molecule has 0 bridgehead atoms. The molecular weight excluding hydrogens is 252 g/mol. The number of aliphatic hydroxyl groups excluding tert-OH is 1. The molecule has 2 unspecified atom stereocenters. The molecule has 2 atom stereocenters. The van der Waals surface area contributed by atoms with E-state index in [4.69, 9.17) is 10.5 Å². The second kappa shape index (κ2) is 7.62. The van der Waals surface area contributed by atoms with Crippen molar-refractivity contribution in [3.05, 3.63) is 29.8 Å². The van der Waals surface area contributed by atoms with Crippen LogP contribution in [0.15, 0.2) is 24.3 Å². The highest BCUT2D eigenvalue weighted by molar-refractivity contribution is 5.28. The zero-order valence-electron chi connectivity index (χ0n) is 12.3. The van der Waals surface area contributed by atoms with Crippen molar-refractivity contribution < 1.29 is 9.84 Å². The molecule has 1 aromatic carbocycles. The minimum atomic E-state index is -0.124. The second-order valence-corrected chi connectivity index (χ2v) is 5.69. The number of nitrogens with two attached hydrogens (primary N) is 1.